The molecule has 0 radical (unpaired) electrons. The van der Waals surface area contributed by atoms with E-state index < -0.39 is 0 Å². The minimum Gasteiger partial charge on any atom is -0.103 e. The van der Waals surface area contributed by atoms with E-state index >= 15 is 0 Å². The average Bonchev–Trinajstić information content (AvgIpc) is 2.13. The van der Waals surface area contributed by atoms with Gasteiger partial charge in [0.2, 0.25) is 0 Å². The molecule has 0 aromatic carbocycles. The summed E-state index contributed by atoms with van der Waals surface area (Å²) in [5.74, 6) is 0.812. The topological polar surface area (TPSA) is 0 Å². The van der Waals surface area contributed by atoms with Crippen LogP contribution in [-0.2, 0) is 0 Å². The van der Waals surface area contributed by atoms with Crippen LogP contribution < -0.4 is 0 Å². The highest BCUT2D eigenvalue weighted by Crippen LogP contribution is 2.51. The van der Waals surface area contributed by atoms with Crippen LogP contribution in [0.2, 0.25) is 0 Å². The lowest BCUT2D eigenvalue weighted by atomic mass is 10.1. The molecular weight excluding hydrogens is 84.1 g/mol. The third-order valence-corrected chi connectivity index (χ3v) is 1.87. The summed E-state index contributed by atoms with van der Waals surface area (Å²) >= 11 is 0. The molecular formula is C7H12. The van der Waals surface area contributed by atoms with Gasteiger partial charge in [0.15, 0.2) is 0 Å². The van der Waals surface area contributed by atoms with E-state index in [-0.39, 0.29) is 0 Å². The van der Waals surface area contributed by atoms with E-state index in [9.17, 15) is 0 Å². The van der Waals surface area contributed by atoms with Gasteiger partial charge in [-0.25, -0.2) is 0 Å². The summed E-state index contributed by atoms with van der Waals surface area (Å²) in [7, 11) is 0. The maximum absolute atomic E-state index is 3.72. The summed E-state index contributed by atoms with van der Waals surface area (Å²) in [4.78, 5) is 0. The lowest BCUT2D eigenvalue weighted by Crippen LogP contribution is -1.84. The second-order valence-corrected chi connectivity index (χ2v) is 3.03. The Hall–Kier alpha value is -0.260. The molecule has 0 aromatic heterocycles. The molecule has 1 unspecified atom stereocenters. The third-order valence-electron chi connectivity index (χ3n) is 1.87. The molecule has 0 amide bonds. The zero-order valence-electron chi connectivity index (χ0n) is 5.07. The SMILES string of the molecule is C=CC1CC1(C)C. The van der Waals surface area contributed by atoms with Crippen molar-refractivity contribution in [1.82, 2.24) is 0 Å². The maximum Gasteiger partial charge on any atom is -0.0179 e. The lowest BCUT2D eigenvalue weighted by Gasteiger charge is -1.93. The van der Waals surface area contributed by atoms with E-state index in [1.54, 1.807) is 0 Å². The Labute approximate surface area is 45.2 Å². The van der Waals surface area contributed by atoms with Gasteiger partial charge in [0.25, 0.3) is 0 Å². The van der Waals surface area contributed by atoms with Crippen molar-refractivity contribution in [2.45, 2.75) is 20.3 Å². The molecule has 0 bridgehead atoms. The van der Waals surface area contributed by atoms with Crippen LogP contribution in [0.25, 0.3) is 0 Å². The molecule has 1 saturated carbocycles. The molecule has 0 heteroatoms. The molecule has 1 aliphatic carbocycles. The molecule has 0 spiro atoms. The van der Waals surface area contributed by atoms with Gasteiger partial charge < -0.3 is 0 Å². The normalized spacial score (nSPS) is 34.9. The molecule has 0 nitrogen and oxygen atoms in total. The second kappa shape index (κ2) is 1.12. The third kappa shape index (κ3) is 0.696. The van der Waals surface area contributed by atoms with Crippen molar-refractivity contribution in [1.29, 1.82) is 0 Å². The summed E-state index contributed by atoms with van der Waals surface area (Å²) < 4.78 is 0. The van der Waals surface area contributed by atoms with Crippen molar-refractivity contribution in [3.05, 3.63) is 12.7 Å². The van der Waals surface area contributed by atoms with Crippen molar-refractivity contribution in [2.24, 2.45) is 11.3 Å². The monoisotopic (exact) mass is 96.1 g/mol. The van der Waals surface area contributed by atoms with Gasteiger partial charge in [-0.05, 0) is 17.8 Å². The minimum atomic E-state index is 0.599. The summed E-state index contributed by atoms with van der Waals surface area (Å²) in [6.07, 6.45) is 3.40. The quantitative estimate of drug-likeness (QED) is 0.439. The highest BCUT2D eigenvalue weighted by atomic mass is 14.5. The molecule has 0 N–H and O–H groups in total. The van der Waals surface area contributed by atoms with E-state index in [1.807, 2.05) is 0 Å². The van der Waals surface area contributed by atoms with E-state index in [2.05, 4.69) is 26.5 Å². The number of rotatable bonds is 1. The Morgan fingerprint density at radius 2 is 2.14 bits per heavy atom. The van der Waals surface area contributed by atoms with Gasteiger partial charge in [-0.2, -0.15) is 0 Å². The number of hydrogen-bond acceptors (Lipinski definition) is 0. The molecule has 1 rings (SSSR count). The van der Waals surface area contributed by atoms with Crippen molar-refractivity contribution >= 4 is 0 Å². The van der Waals surface area contributed by atoms with Crippen LogP contribution in [0.4, 0.5) is 0 Å². The van der Waals surface area contributed by atoms with Gasteiger partial charge in [0.1, 0.15) is 0 Å². The van der Waals surface area contributed by atoms with Gasteiger partial charge in [0, 0.05) is 0 Å². The first-order valence-corrected chi connectivity index (χ1v) is 2.79. The van der Waals surface area contributed by atoms with Gasteiger partial charge in [-0.15, -0.1) is 6.58 Å². The molecule has 0 aliphatic heterocycles. The molecule has 7 heavy (non-hydrogen) atoms. The summed E-state index contributed by atoms with van der Waals surface area (Å²) in [5, 5.41) is 0. The largest absolute Gasteiger partial charge is 0.103 e. The summed E-state index contributed by atoms with van der Waals surface area (Å²) in [6.45, 7) is 8.27. The lowest BCUT2D eigenvalue weighted by molar-refractivity contribution is 0.610. The van der Waals surface area contributed by atoms with Crippen LogP contribution in [0.5, 0.6) is 0 Å². The van der Waals surface area contributed by atoms with Gasteiger partial charge >= 0.3 is 0 Å². The van der Waals surface area contributed by atoms with Crippen LogP contribution in [0.3, 0.4) is 0 Å². The molecule has 40 valence electrons. The molecule has 1 fully saturated rings. The molecule has 0 aromatic rings. The molecule has 0 saturated heterocycles. The van der Waals surface area contributed by atoms with Crippen LogP contribution in [0.1, 0.15) is 20.3 Å². The zero-order chi connectivity index (χ0) is 5.49. The second-order valence-electron chi connectivity index (χ2n) is 3.03. The fraction of sp³-hybridized carbons (Fsp3) is 0.714. The van der Waals surface area contributed by atoms with Crippen LogP contribution in [0.15, 0.2) is 12.7 Å². The predicted molar refractivity (Wildman–Crippen MR) is 32.1 cm³/mol. The standard InChI is InChI=1S/C7H12/c1-4-6-5-7(6,2)3/h4,6H,1,5H2,2-3H3. The van der Waals surface area contributed by atoms with Crippen LogP contribution >= 0.6 is 0 Å². The Balaban J connectivity index is 2.44. The van der Waals surface area contributed by atoms with Crippen LogP contribution in [-0.4, -0.2) is 0 Å². The molecule has 1 atom stereocenters. The average molecular weight is 96.2 g/mol. The van der Waals surface area contributed by atoms with Crippen molar-refractivity contribution in [3.8, 4) is 0 Å². The molecule has 1 aliphatic rings. The summed E-state index contributed by atoms with van der Waals surface area (Å²) in [5.41, 5.74) is 0.599. The van der Waals surface area contributed by atoms with Crippen molar-refractivity contribution in [2.75, 3.05) is 0 Å². The fourth-order valence-corrected chi connectivity index (χ4v) is 0.910. The minimum absolute atomic E-state index is 0.599. The van der Waals surface area contributed by atoms with E-state index in [1.165, 1.54) is 6.42 Å². The maximum atomic E-state index is 3.72. The van der Waals surface area contributed by atoms with Crippen molar-refractivity contribution < 1.29 is 0 Å². The number of allylic oxidation sites excluding steroid dienone is 1. The van der Waals surface area contributed by atoms with Gasteiger partial charge in [0.05, 0.1) is 0 Å². The van der Waals surface area contributed by atoms with Crippen LogP contribution in [0, 0.1) is 11.3 Å². The highest BCUT2D eigenvalue weighted by molar-refractivity contribution is 5.04. The van der Waals surface area contributed by atoms with E-state index in [4.69, 9.17) is 0 Å². The Morgan fingerprint density at radius 1 is 1.71 bits per heavy atom. The first-order chi connectivity index (χ1) is 3.17. The fourth-order valence-electron chi connectivity index (χ4n) is 0.910. The Kier molecular flexibility index (Phi) is 0.781. The predicted octanol–water partition coefficient (Wildman–Crippen LogP) is 2.22. The van der Waals surface area contributed by atoms with E-state index in [0.717, 1.165) is 5.92 Å². The first-order valence-electron chi connectivity index (χ1n) is 2.79. The Bertz CT molecular complexity index is 90.2. The smallest absolute Gasteiger partial charge is 0.0179 e. The zero-order valence-corrected chi connectivity index (χ0v) is 5.07. The van der Waals surface area contributed by atoms with Crippen molar-refractivity contribution in [3.63, 3.8) is 0 Å². The number of hydrogen-bond donors (Lipinski definition) is 0. The summed E-state index contributed by atoms with van der Waals surface area (Å²) in [6, 6.07) is 0. The van der Waals surface area contributed by atoms with Gasteiger partial charge in [-0.3, -0.25) is 0 Å². The van der Waals surface area contributed by atoms with Gasteiger partial charge in [-0.1, -0.05) is 19.9 Å². The first kappa shape index (κ1) is 4.89. The Morgan fingerprint density at radius 3 is 2.14 bits per heavy atom. The van der Waals surface area contributed by atoms with E-state index in [0.29, 0.717) is 5.41 Å². The highest BCUT2D eigenvalue weighted by Gasteiger charge is 2.42. The molecule has 0 heterocycles.